The molecule has 1 rings (SSSR count). The summed E-state index contributed by atoms with van der Waals surface area (Å²) in [5.74, 6) is -1.72. The van der Waals surface area contributed by atoms with Crippen LogP contribution in [0.15, 0.2) is 24.3 Å². The molecule has 19 heavy (non-hydrogen) atoms. The molecule has 0 aliphatic carbocycles. The Morgan fingerprint density at radius 2 is 1.89 bits per heavy atom. The van der Waals surface area contributed by atoms with Crippen LogP contribution in [0.3, 0.4) is 0 Å². The molecule has 0 aliphatic rings. The summed E-state index contributed by atoms with van der Waals surface area (Å²) in [6.45, 7) is 4.94. The molecule has 0 aliphatic heterocycles. The fourth-order valence-electron chi connectivity index (χ4n) is 1.84. The van der Waals surface area contributed by atoms with Crippen LogP contribution in [-0.4, -0.2) is 30.1 Å². The maximum absolute atomic E-state index is 11.0. The Morgan fingerprint density at radius 1 is 1.32 bits per heavy atom. The number of amides is 1. The molecular weight excluding hydrogens is 244 g/mol. The standard InChI is InChI=1S/C14H20N2O3/c1-3-8-16(9-10(2)14(18)19)12-6-4-11(5-7-12)13(15)17/h4-7,10H,3,8-9H2,1-2H3,(H2,15,17)(H,18,19). The monoisotopic (exact) mass is 264 g/mol. The average Bonchev–Trinajstić information content (AvgIpc) is 2.38. The van der Waals surface area contributed by atoms with Crippen molar-refractivity contribution >= 4 is 17.6 Å². The highest BCUT2D eigenvalue weighted by molar-refractivity contribution is 5.93. The molecule has 1 amide bonds. The van der Waals surface area contributed by atoms with Crippen LogP contribution in [0, 0.1) is 5.92 Å². The van der Waals surface area contributed by atoms with Gasteiger partial charge in [-0.25, -0.2) is 0 Å². The Hall–Kier alpha value is -2.04. The van der Waals surface area contributed by atoms with E-state index in [4.69, 9.17) is 10.8 Å². The highest BCUT2D eigenvalue weighted by Crippen LogP contribution is 2.17. The summed E-state index contributed by atoms with van der Waals surface area (Å²) in [6.07, 6.45) is 0.921. The van der Waals surface area contributed by atoms with Gasteiger partial charge in [0.05, 0.1) is 5.92 Å². The third kappa shape index (κ3) is 4.28. The lowest BCUT2D eigenvalue weighted by Crippen LogP contribution is -2.32. The van der Waals surface area contributed by atoms with E-state index < -0.39 is 17.8 Å². The molecule has 1 aromatic carbocycles. The number of anilines is 1. The fraction of sp³-hybridized carbons (Fsp3) is 0.429. The van der Waals surface area contributed by atoms with Gasteiger partial charge >= 0.3 is 5.97 Å². The number of carbonyl (C=O) groups excluding carboxylic acids is 1. The van der Waals surface area contributed by atoms with Crippen LogP contribution in [-0.2, 0) is 4.79 Å². The number of carbonyl (C=O) groups is 2. The molecule has 0 aromatic heterocycles. The SMILES string of the molecule is CCCN(CC(C)C(=O)O)c1ccc(C(N)=O)cc1. The number of nitrogens with two attached hydrogens (primary N) is 1. The lowest BCUT2D eigenvalue weighted by Gasteiger charge is -2.26. The van der Waals surface area contributed by atoms with E-state index in [-0.39, 0.29) is 0 Å². The summed E-state index contributed by atoms with van der Waals surface area (Å²) in [6, 6.07) is 6.91. The molecule has 1 atom stereocenters. The minimum absolute atomic E-state index is 0.442. The van der Waals surface area contributed by atoms with E-state index in [1.54, 1.807) is 31.2 Å². The second-order valence-corrected chi connectivity index (χ2v) is 4.60. The van der Waals surface area contributed by atoms with Crippen molar-refractivity contribution in [2.24, 2.45) is 11.7 Å². The van der Waals surface area contributed by atoms with E-state index in [0.717, 1.165) is 18.7 Å². The number of rotatable bonds is 7. The van der Waals surface area contributed by atoms with Gasteiger partial charge < -0.3 is 15.7 Å². The lowest BCUT2D eigenvalue weighted by atomic mass is 10.1. The molecule has 0 fully saturated rings. The van der Waals surface area contributed by atoms with Crippen molar-refractivity contribution in [3.63, 3.8) is 0 Å². The quantitative estimate of drug-likeness (QED) is 0.785. The van der Waals surface area contributed by atoms with Gasteiger partial charge in [0.1, 0.15) is 0 Å². The Kier molecular flexibility index (Phi) is 5.36. The smallest absolute Gasteiger partial charge is 0.308 e. The molecule has 1 aromatic rings. The van der Waals surface area contributed by atoms with E-state index in [0.29, 0.717) is 12.1 Å². The Morgan fingerprint density at radius 3 is 2.32 bits per heavy atom. The lowest BCUT2D eigenvalue weighted by molar-refractivity contribution is -0.140. The Bertz CT molecular complexity index is 443. The minimum Gasteiger partial charge on any atom is -0.481 e. The highest BCUT2D eigenvalue weighted by Gasteiger charge is 2.16. The molecule has 0 radical (unpaired) electrons. The zero-order valence-corrected chi connectivity index (χ0v) is 11.3. The van der Waals surface area contributed by atoms with Gasteiger partial charge in [0.25, 0.3) is 0 Å². The van der Waals surface area contributed by atoms with Crippen LogP contribution in [0.4, 0.5) is 5.69 Å². The molecule has 0 bridgehead atoms. The third-order valence-corrected chi connectivity index (χ3v) is 2.93. The summed E-state index contributed by atoms with van der Waals surface area (Å²) in [5, 5.41) is 8.98. The van der Waals surface area contributed by atoms with E-state index in [2.05, 4.69) is 0 Å². The van der Waals surface area contributed by atoms with Crippen molar-refractivity contribution < 1.29 is 14.7 Å². The van der Waals surface area contributed by atoms with Crippen LogP contribution >= 0.6 is 0 Å². The number of benzene rings is 1. The second-order valence-electron chi connectivity index (χ2n) is 4.60. The predicted molar refractivity (Wildman–Crippen MR) is 74.3 cm³/mol. The van der Waals surface area contributed by atoms with Crippen molar-refractivity contribution in [2.45, 2.75) is 20.3 Å². The van der Waals surface area contributed by atoms with Crippen LogP contribution < -0.4 is 10.6 Å². The largest absolute Gasteiger partial charge is 0.481 e. The first-order valence-electron chi connectivity index (χ1n) is 6.33. The number of aliphatic carboxylic acids is 1. The van der Waals surface area contributed by atoms with Crippen LogP contribution in [0.25, 0.3) is 0 Å². The topological polar surface area (TPSA) is 83.6 Å². The van der Waals surface area contributed by atoms with Crippen LogP contribution in [0.2, 0.25) is 0 Å². The molecule has 0 saturated carbocycles. The molecule has 0 heterocycles. The fourth-order valence-corrected chi connectivity index (χ4v) is 1.84. The maximum atomic E-state index is 11.0. The molecule has 5 nitrogen and oxygen atoms in total. The first-order valence-corrected chi connectivity index (χ1v) is 6.33. The number of hydrogen-bond donors (Lipinski definition) is 2. The van der Waals surface area contributed by atoms with Gasteiger partial charge in [0.15, 0.2) is 0 Å². The first kappa shape index (κ1) is 15.0. The van der Waals surface area contributed by atoms with Gasteiger partial charge in [-0.15, -0.1) is 0 Å². The van der Waals surface area contributed by atoms with Gasteiger partial charge in [0, 0.05) is 24.3 Å². The van der Waals surface area contributed by atoms with Gasteiger partial charge in [-0.1, -0.05) is 13.8 Å². The van der Waals surface area contributed by atoms with E-state index in [1.165, 1.54) is 0 Å². The normalized spacial score (nSPS) is 11.9. The van der Waals surface area contributed by atoms with E-state index in [9.17, 15) is 9.59 Å². The number of carboxylic acid groups (broad SMARTS) is 1. The second kappa shape index (κ2) is 6.78. The van der Waals surface area contributed by atoms with Crippen molar-refractivity contribution in [3.8, 4) is 0 Å². The zero-order chi connectivity index (χ0) is 14.4. The Balaban J connectivity index is 2.86. The van der Waals surface area contributed by atoms with Crippen molar-refractivity contribution in [2.75, 3.05) is 18.0 Å². The van der Waals surface area contributed by atoms with Gasteiger partial charge in [-0.05, 0) is 30.7 Å². The summed E-state index contributed by atoms with van der Waals surface area (Å²) >= 11 is 0. The van der Waals surface area contributed by atoms with Gasteiger partial charge in [-0.3, -0.25) is 9.59 Å². The number of primary amides is 1. The summed E-state index contributed by atoms with van der Waals surface area (Å²) in [5.41, 5.74) is 6.54. The summed E-state index contributed by atoms with van der Waals surface area (Å²) in [7, 11) is 0. The average molecular weight is 264 g/mol. The maximum Gasteiger partial charge on any atom is 0.308 e. The van der Waals surface area contributed by atoms with Crippen molar-refractivity contribution in [3.05, 3.63) is 29.8 Å². The van der Waals surface area contributed by atoms with Crippen molar-refractivity contribution in [1.82, 2.24) is 0 Å². The molecule has 0 saturated heterocycles. The molecule has 0 spiro atoms. The zero-order valence-electron chi connectivity index (χ0n) is 11.3. The van der Waals surface area contributed by atoms with Crippen LogP contribution in [0.5, 0.6) is 0 Å². The van der Waals surface area contributed by atoms with Crippen LogP contribution in [0.1, 0.15) is 30.6 Å². The highest BCUT2D eigenvalue weighted by atomic mass is 16.4. The van der Waals surface area contributed by atoms with E-state index >= 15 is 0 Å². The molecule has 5 heteroatoms. The summed E-state index contributed by atoms with van der Waals surface area (Å²) in [4.78, 5) is 23.9. The number of nitrogens with zero attached hydrogens (tertiary/aromatic N) is 1. The minimum atomic E-state index is -0.810. The molecular formula is C14H20N2O3. The summed E-state index contributed by atoms with van der Waals surface area (Å²) < 4.78 is 0. The number of carboxylic acids is 1. The van der Waals surface area contributed by atoms with Gasteiger partial charge in [0.2, 0.25) is 5.91 Å². The predicted octanol–water partition coefficient (Wildman–Crippen LogP) is 1.72. The number of hydrogen-bond acceptors (Lipinski definition) is 3. The Labute approximate surface area is 113 Å². The van der Waals surface area contributed by atoms with Crippen molar-refractivity contribution in [1.29, 1.82) is 0 Å². The van der Waals surface area contributed by atoms with Gasteiger partial charge in [-0.2, -0.15) is 0 Å². The first-order chi connectivity index (χ1) is 8.95. The molecule has 104 valence electrons. The van der Waals surface area contributed by atoms with E-state index in [1.807, 2.05) is 11.8 Å². The third-order valence-electron chi connectivity index (χ3n) is 2.93. The molecule has 3 N–H and O–H groups in total. The molecule has 1 unspecified atom stereocenters.